The second-order valence-corrected chi connectivity index (χ2v) is 7.52. The average Bonchev–Trinajstić information content (AvgIpc) is 2.74. The van der Waals surface area contributed by atoms with Gasteiger partial charge in [0, 0.05) is 13.5 Å². The fourth-order valence-corrected chi connectivity index (χ4v) is 3.11. The maximum absolute atomic E-state index is 11.6. The van der Waals surface area contributed by atoms with E-state index >= 15 is 0 Å². The lowest BCUT2D eigenvalue weighted by molar-refractivity contribution is -0.150. The lowest BCUT2D eigenvalue weighted by Crippen LogP contribution is -2.21. The third-order valence-corrected chi connectivity index (χ3v) is 4.72. The van der Waals surface area contributed by atoms with E-state index in [1.807, 2.05) is 85.7 Å². The van der Waals surface area contributed by atoms with Crippen molar-refractivity contribution in [2.75, 3.05) is 33.9 Å². The first-order valence-electron chi connectivity index (χ1n) is 10.1. The topological polar surface area (TPSA) is 48.0 Å². The highest BCUT2D eigenvalue weighted by molar-refractivity contribution is 5.84. The molecule has 0 saturated carbocycles. The molecule has 3 rings (SSSR count). The maximum Gasteiger partial charge on any atom is 0.303 e. The summed E-state index contributed by atoms with van der Waals surface area (Å²) >= 11 is 0. The Hall–Kier alpha value is -2.89. The largest absolute Gasteiger partial charge is 0.489 e. The molecule has 0 radical (unpaired) electrons. The number of carbonyl (C=O) groups is 1. The summed E-state index contributed by atoms with van der Waals surface area (Å²) in [6.45, 7) is 3.68. The standard InChI is InChI=1S/C25H29NO4/c1-19(27)30-25(18-28-14-13-26(2)3)23-10-9-22-16-24(12-11-21(22)15-23)29-17-20-7-5-4-6-8-20/h4-12,15-16,25H,13-14,17-18H2,1-3H3. The van der Waals surface area contributed by atoms with Gasteiger partial charge < -0.3 is 19.1 Å². The minimum atomic E-state index is -0.428. The Balaban J connectivity index is 1.69. The van der Waals surface area contributed by atoms with Gasteiger partial charge in [0.1, 0.15) is 12.4 Å². The van der Waals surface area contributed by atoms with Gasteiger partial charge in [-0.3, -0.25) is 4.79 Å². The quantitative estimate of drug-likeness (QED) is 0.363. The van der Waals surface area contributed by atoms with Gasteiger partial charge in [0.2, 0.25) is 0 Å². The van der Waals surface area contributed by atoms with E-state index in [1.165, 1.54) is 6.92 Å². The van der Waals surface area contributed by atoms with Gasteiger partial charge in [0.25, 0.3) is 0 Å². The number of nitrogens with zero attached hydrogens (tertiary/aromatic N) is 1. The Morgan fingerprint density at radius 3 is 2.43 bits per heavy atom. The van der Waals surface area contributed by atoms with Crippen LogP contribution in [0.15, 0.2) is 66.7 Å². The molecule has 5 nitrogen and oxygen atoms in total. The van der Waals surface area contributed by atoms with E-state index < -0.39 is 6.10 Å². The van der Waals surface area contributed by atoms with E-state index in [0.29, 0.717) is 19.8 Å². The molecular formula is C25H29NO4. The molecule has 1 atom stereocenters. The molecule has 158 valence electrons. The van der Waals surface area contributed by atoms with Crippen molar-refractivity contribution in [2.45, 2.75) is 19.6 Å². The van der Waals surface area contributed by atoms with Crippen molar-refractivity contribution in [3.63, 3.8) is 0 Å². The maximum atomic E-state index is 11.6. The van der Waals surface area contributed by atoms with E-state index in [-0.39, 0.29) is 5.97 Å². The molecule has 0 heterocycles. The van der Waals surface area contributed by atoms with Gasteiger partial charge >= 0.3 is 5.97 Å². The van der Waals surface area contributed by atoms with Crippen molar-refractivity contribution >= 4 is 16.7 Å². The summed E-state index contributed by atoms with van der Waals surface area (Å²) in [5.41, 5.74) is 2.05. The lowest BCUT2D eigenvalue weighted by Gasteiger charge is -2.19. The summed E-state index contributed by atoms with van der Waals surface area (Å²) < 4.78 is 17.2. The zero-order chi connectivity index (χ0) is 21.3. The second-order valence-electron chi connectivity index (χ2n) is 7.52. The first-order valence-corrected chi connectivity index (χ1v) is 10.1. The molecule has 0 saturated heterocycles. The van der Waals surface area contributed by atoms with Crippen LogP contribution in [0.4, 0.5) is 0 Å². The number of likely N-dealkylation sites (N-methyl/N-ethyl adjacent to an activating group) is 1. The van der Waals surface area contributed by atoms with Crippen LogP contribution >= 0.6 is 0 Å². The Morgan fingerprint density at radius 2 is 1.70 bits per heavy atom. The van der Waals surface area contributed by atoms with Crippen LogP contribution in [-0.4, -0.2) is 44.7 Å². The summed E-state index contributed by atoms with van der Waals surface area (Å²) in [4.78, 5) is 13.6. The highest BCUT2D eigenvalue weighted by Gasteiger charge is 2.16. The van der Waals surface area contributed by atoms with Gasteiger partial charge in [-0.25, -0.2) is 0 Å². The number of esters is 1. The minimum Gasteiger partial charge on any atom is -0.489 e. The van der Waals surface area contributed by atoms with Gasteiger partial charge in [-0.15, -0.1) is 0 Å². The van der Waals surface area contributed by atoms with Gasteiger partial charge in [0.15, 0.2) is 6.10 Å². The number of hydrogen-bond acceptors (Lipinski definition) is 5. The molecule has 0 spiro atoms. The van der Waals surface area contributed by atoms with Crippen LogP contribution in [0.1, 0.15) is 24.2 Å². The number of benzene rings is 3. The van der Waals surface area contributed by atoms with Crippen LogP contribution in [0.25, 0.3) is 10.8 Å². The molecule has 5 heteroatoms. The van der Waals surface area contributed by atoms with Crippen LogP contribution in [-0.2, 0) is 20.9 Å². The van der Waals surface area contributed by atoms with Crippen LogP contribution in [0, 0.1) is 0 Å². The highest BCUT2D eigenvalue weighted by Crippen LogP contribution is 2.27. The number of hydrogen-bond donors (Lipinski definition) is 0. The van der Waals surface area contributed by atoms with Gasteiger partial charge in [-0.05, 0) is 54.2 Å². The van der Waals surface area contributed by atoms with Crippen molar-refractivity contribution < 1.29 is 19.0 Å². The highest BCUT2D eigenvalue weighted by atomic mass is 16.6. The summed E-state index contributed by atoms with van der Waals surface area (Å²) in [7, 11) is 3.99. The Morgan fingerprint density at radius 1 is 0.967 bits per heavy atom. The van der Waals surface area contributed by atoms with E-state index in [1.54, 1.807) is 0 Å². The van der Waals surface area contributed by atoms with Crippen LogP contribution in [0.5, 0.6) is 5.75 Å². The predicted molar refractivity (Wildman–Crippen MR) is 119 cm³/mol. The van der Waals surface area contributed by atoms with E-state index in [0.717, 1.165) is 34.2 Å². The molecular weight excluding hydrogens is 378 g/mol. The Labute approximate surface area is 178 Å². The lowest BCUT2D eigenvalue weighted by atomic mass is 10.0. The summed E-state index contributed by atoms with van der Waals surface area (Å²) in [6, 6.07) is 22.1. The Kier molecular flexibility index (Phi) is 7.82. The predicted octanol–water partition coefficient (Wildman–Crippen LogP) is 4.60. The first kappa shape index (κ1) is 21.8. The van der Waals surface area contributed by atoms with E-state index in [9.17, 15) is 4.79 Å². The molecule has 0 aliphatic heterocycles. The molecule has 0 aromatic heterocycles. The summed E-state index contributed by atoms with van der Waals surface area (Å²) in [5, 5.41) is 2.13. The van der Waals surface area contributed by atoms with Crippen LogP contribution in [0.2, 0.25) is 0 Å². The van der Waals surface area contributed by atoms with Crippen molar-refractivity contribution in [1.29, 1.82) is 0 Å². The molecule has 0 bridgehead atoms. The SMILES string of the molecule is CC(=O)OC(COCCN(C)C)c1ccc2cc(OCc3ccccc3)ccc2c1. The molecule has 3 aromatic carbocycles. The molecule has 0 N–H and O–H groups in total. The summed E-state index contributed by atoms with van der Waals surface area (Å²) in [6.07, 6.45) is -0.428. The van der Waals surface area contributed by atoms with Crippen molar-refractivity contribution in [2.24, 2.45) is 0 Å². The van der Waals surface area contributed by atoms with Gasteiger partial charge in [0.05, 0.1) is 13.2 Å². The molecule has 0 amide bonds. The molecule has 30 heavy (non-hydrogen) atoms. The minimum absolute atomic E-state index is 0.319. The number of carbonyl (C=O) groups excluding carboxylic acids is 1. The molecule has 1 unspecified atom stereocenters. The van der Waals surface area contributed by atoms with E-state index in [4.69, 9.17) is 14.2 Å². The second kappa shape index (κ2) is 10.8. The van der Waals surface area contributed by atoms with Crippen LogP contribution < -0.4 is 4.74 Å². The van der Waals surface area contributed by atoms with Crippen LogP contribution in [0.3, 0.4) is 0 Å². The zero-order valence-electron chi connectivity index (χ0n) is 17.8. The first-order chi connectivity index (χ1) is 14.5. The fraction of sp³-hybridized carbons (Fsp3) is 0.320. The number of fused-ring (bicyclic) bond motifs is 1. The monoisotopic (exact) mass is 407 g/mol. The smallest absolute Gasteiger partial charge is 0.303 e. The third-order valence-electron chi connectivity index (χ3n) is 4.72. The van der Waals surface area contributed by atoms with Crippen molar-refractivity contribution in [3.05, 3.63) is 77.9 Å². The zero-order valence-corrected chi connectivity index (χ0v) is 17.8. The molecule has 0 aliphatic carbocycles. The van der Waals surface area contributed by atoms with Crippen molar-refractivity contribution in [3.8, 4) is 5.75 Å². The summed E-state index contributed by atoms with van der Waals surface area (Å²) in [5.74, 6) is 0.503. The number of rotatable bonds is 10. The van der Waals surface area contributed by atoms with Crippen molar-refractivity contribution in [1.82, 2.24) is 4.90 Å². The number of ether oxygens (including phenoxy) is 3. The molecule has 3 aromatic rings. The molecule has 0 fully saturated rings. The molecule has 0 aliphatic rings. The fourth-order valence-electron chi connectivity index (χ4n) is 3.11. The third kappa shape index (κ3) is 6.58. The average molecular weight is 408 g/mol. The van der Waals surface area contributed by atoms with E-state index in [2.05, 4.69) is 0 Å². The van der Waals surface area contributed by atoms with Gasteiger partial charge in [-0.1, -0.05) is 48.5 Å². The normalized spacial score (nSPS) is 12.1. The van der Waals surface area contributed by atoms with Gasteiger partial charge in [-0.2, -0.15) is 0 Å². The Bertz CT molecular complexity index is 956.